The second-order valence-electron chi connectivity index (χ2n) is 10.0. The minimum atomic E-state index is -1.17. The zero-order valence-electron chi connectivity index (χ0n) is 19.9. The molecule has 0 saturated heterocycles. The Bertz CT molecular complexity index is 1010. The lowest BCUT2D eigenvalue weighted by Crippen LogP contribution is -2.64. The number of rotatable bonds is 5. The van der Waals surface area contributed by atoms with Crippen LogP contribution in [0.5, 0.6) is 0 Å². The molecule has 1 aliphatic heterocycles. The van der Waals surface area contributed by atoms with Crippen LogP contribution in [0.4, 0.5) is 4.39 Å². The molecule has 1 aromatic carbocycles. The fourth-order valence-corrected chi connectivity index (χ4v) is 4.93. The molecule has 1 fully saturated rings. The van der Waals surface area contributed by atoms with E-state index in [0.29, 0.717) is 11.3 Å². The predicted molar refractivity (Wildman–Crippen MR) is 125 cm³/mol. The van der Waals surface area contributed by atoms with E-state index in [2.05, 4.69) is 10.4 Å². The van der Waals surface area contributed by atoms with Gasteiger partial charge in [-0.25, -0.2) is 4.39 Å². The van der Waals surface area contributed by atoms with Crippen molar-refractivity contribution < 1.29 is 14.0 Å². The van der Waals surface area contributed by atoms with Crippen molar-refractivity contribution >= 4 is 11.8 Å². The highest BCUT2D eigenvalue weighted by Gasteiger charge is 2.48. The van der Waals surface area contributed by atoms with Gasteiger partial charge in [0.25, 0.3) is 5.91 Å². The Morgan fingerprint density at radius 1 is 1.18 bits per heavy atom. The second-order valence-corrected chi connectivity index (χ2v) is 10.0. The molecule has 33 heavy (non-hydrogen) atoms. The molecule has 6 nitrogen and oxygen atoms in total. The van der Waals surface area contributed by atoms with Crippen LogP contribution < -0.4 is 5.32 Å². The number of carbonyl (C=O) groups is 2. The van der Waals surface area contributed by atoms with Crippen molar-refractivity contribution in [2.24, 2.45) is 0 Å². The number of hydrogen-bond acceptors (Lipinski definition) is 3. The highest BCUT2D eigenvalue weighted by Crippen LogP contribution is 2.31. The lowest BCUT2D eigenvalue weighted by atomic mass is 9.91. The number of nitrogens with zero attached hydrogens (tertiary/aromatic N) is 3. The standard InChI is InChI=1S/C26H35FN4O2/c1-18(2)22-15-23-24(32)30(16-19-11-9-10-14-21(19)27)26(3,17-31(23)29-22)25(33)28-20-12-7-5-4-6-8-13-20/h9-11,14-15,18,20H,4-8,12-13,16-17H2,1-3H3,(H,28,33)/t26-/m1/s1. The summed E-state index contributed by atoms with van der Waals surface area (Å²) in [6, 6.07) is 8.33. The fraction of sp³-hybridized carbons (Fsp3) is 0.577. The normalized spacial score (nSPS) is 22.1. The maximum absolute atomic E-state index is 14.5. The second kappa shape index (κ2) is 9.65. The smallest absolute Gasteiger partial charge is 0.273 e. The third-order valence-electron chi connectivity index (χ3n) is 7.12. The molecule has 1 atom stereocenters. The van der Waals surface area contributed by atoms with Gasteiger partial charge in [0.2, 0.25) is 5.91 Å². The lowest BCUT2D eigenvalue weighted by molar-refractivity contribution is -0.134. The molecular weight excluding hydrogens is 419 g/mol. The van der Waals surface area contributed by atoms with Crippen LogP contribution in [0.25, 0.3) is 0 Å². The van der Waals surface area contributed by atoms with Crippen LogP contribution in [0.3, 0.4) is 0 Å². The molecule has 1 saturated carbocycles. The molecule has 1 aliphatic carbocycles. The Kier molecular flexibility index (Phi) is 6.86. The molecule has 2 heterocycles. The quantitative estimate of drug-likeness (QED) is 0.706. The maximum Gasteiger partial charge on any atom is 0.273 e. The Morgan fingerprint density at radius 2 is 1.85 bits per heavy atom. The number of benzene rings is 1. The zero-order chi connectivity index (χ0) is 23.6. The van der Waals surface area contributed by atoms with Crippen LogP contribution in [-0.4, -0.2) is 38.1 Å². The summed E-state index contributed by atoms with van der Waals surface area (Å²) in [4.78, 5) is 28.9. The molecule has 178 valence electrons. The molecule has 1 aromatic heterocycles. The van der Waals surface area contributed by atoms with Crippen LogP contribution in [0.1, 0.15) is 93.4 Å². The molecule has 0 unspecified atom stereocenters. The molecule has 0 radical (unpaired) electrons. The summed E-state index contributed by atoms with van der Waals surface area (Å²) >= 11 is 0. The Morgan fingerprint density at radius 3 is 2.52 bits per heavy atom. The topological polar surface area (TPSA) is 67.2 Å². The van der Waals surface area contributed by atoms with E-state index in [1.165, 1.54) is 30.2 Å². The van der Waals surface area contributed by atoms with Gasteiger partial charge in [0.15, 0.2) is 0 Å². The highest BCUT2D eigenvalue weighted by molar-refractivity contribution is 5.99. The molecule has 2 aromatic rings. The zero-order valence-corrected chi connectivity index (χ0v) is 19.9. The van der Waals surface area contributed by atoms with Crippen molar-refractivity contribution in [3.8, 4) is 0 Å². The number of carbonyl (C=O) groups excluding carboxylic acids is 2. The summed E-state index contributed by atoms with van der Waals surface area (Å²) < 4.78 is 16.2. The SMILES string of the molecule is CC(C)c1cc2n(n1)C[C@](C)(C(=O)NC1CCCCCCC1)N(Cc1ccccc1F)C2=O. The van der Waals surface area contributed by atoms with Crippen LogP contribution >= 0.6 is 0 Å². The van der Waals surface area contributed by atoms with Crippen molar-refractivity contribution in [3.05, 3.63) is 53.1 Å². The van der Waals surface area contributed by atoms with Crippen molar-refractivity contribution in [3.63, 3.8) is 0 Å². The molecule has 0 spiro atoms. The Balaban J connectivity index is 1.67. The fourth-order valence-electron chi connectivity index (χ4n) is 4.93. The first kappa shape index (κ1) is 23.5. The van der Waals surface area contributed by atoms with Crippen LogP contribution in [0, 0.1) is 5.82 Å². The van der Waals surface area contributed by atoms with Crippen molar-refractivity contribution in [1.82, 2.24) is 20.0 Å². The van der Waals surface area contributed by atoms with E-state index in [-0.39, 0.29) is 42.7 Å². The summed E-state index contributed by atoms with van der Waals surface area (Å²) in [6.07, 6.45) is 7.73. The van der Waals surface area contributed by atoms with E-state index in [0.717, 1.165) is 31.4 Å². The molecule has 2 amide bonds. The molecular formula is C26H35FN4O2. The summed E-state index contributed by atoms with van der Waals surface area (Å²) in [5, 5.41) is 7.87. The number of amides is 2. The van der Waals surface area contributed by atoms with Crippen molar-refractivity contribution in [2.75, 3.05) is 0 Å². The van der Waals surface area contributed by atoms with Gasteiger partial charge in [0.1, 0.15) is 17.1 Å². The largest absolute Gasteiger partial charge is 0.351 e. The van der Waals surface area contributed by atoms with Gasteiger partial charge in [-0.3, -0.25) is 14.3 Å². The number of aromatic nitrogens is 2. The van der Waals surface area contributed by atoms with Gasteiger partial charge in [0.05, 0.1) is 18.8 Å². The molecule has 4 rings (SSSR count). The summed E-state index contributed by atoms with van der Waals surface area (Å²) in [6.45, 7) is 6.10. The van der Waals surface area contributed by atoms with Crippen molar-refractivity contribution in [1.29, 1.82) is 0 Å². The van der Waals surface area contributed by atoms with E-state index < -0.39 is 5.54 Å². The minimum absolute atomic E-state index is 0.0300. The van der Waals surface area contributed by atoms with Gasteiger partial charge < -0.3 is 10.2 Å². The van der Waals surface area contributed by atoms with Crippen molar-refractivity contribution in [2.45, 2.75) is 96.3 Å². The van der Waals surface area contributed by atoms with Gasteiger partial charge in [-0.15, -0.1) is 0 Å². The predicted octanol–water partition coefficient (Wildman–Crippen LogP) is 4.79. The Hall–Kier alpha value is -2.70. The molecule has 1 N–H and O–H groups in total. The molecule has 2 aliphatic rings. The van der Waals surface area contributed by atoms with Gasteiger partial charge >= 0.3 is 0 Å². The average Bonchev–Trinajstić information content (AvgIpc) is 3.18. The lowest BCUT2D eigenvalue weighted by Gasteiger charge is -2.44. The first-order valence-electron chi connectivity index (χ1n) is 12.2. The minimum Gasteiger partial charge on any atom is -0.351 e. The third kappa shape index (κ3) is 4.82. The number of hydrogen-bond donors (Lipinski definition) is 1. The highest BCUT2D eigenvalue weighted by atomic mass is 19.1. The van der Waals surface area contributed by atoms with Gasteiger partial charge in [-0.05, 0) is 37.8 Å². The van der Waals surface area contributed by atoms with E-state index in [1.54, 1.807) is 35.9 Å². The number of halogens is 1. The monoisotopic (exact) mass is 454 g/mol. The first-order chi connectivity index (χ1) is 15.8. The van der Waals surface area contributed by atoms with Crippen LogP contribution in [0.2, 0.25) is 0 Å². The third-order valence-corrected chi connectivity index (χ3v) is 7.12. The average molecular weight is 455 g/mol. The molecule has 7 heteroatoms. The number of nitrogens with one attached hydrogen (secondary N) is 1. The molecule has 0 bridgehead atoms. The number of fused-ring (bicyclic) bond motifs is 1. The van der Waals surface area contributed by atoms with E-state index in [4.69, 9.17) is 0 Å². The Labute approximate surface area is 195 Å². The van der Waals surface area contributed by atoms with Gasteiger partial charge in [-0.2, -0.15) is 5.10 Å². The van der Waals surface area contributed by atoms with Gasteiger partial charge in [-0.1, -0.05) is 64.2 Å². The van der Waals surface area contributed by atoms with Crippen LogP contribution in [-0.2, 0) is 17.9 Å². The van der Waals surface area contributed by atoms with E-state index in [1.807, 2.05) is 13.8 Å². The summed E-state index contributed by atoms with van der Waals surface area (Å²) in [7, 11) is 0. The maximum atomic E-state index is 14.5. The van der Waals surface area contributed by atoms with Gasteiger partial charge in [0, 0.05) is 11.6 Å². The van der Waals surface area contributed by atoms with E-state index >= 15 is 0 Å². The van der Waals surface area contributed by atoms with Crippen LogP contribution in [0.15, 0.2) is 30.3 Å². The summed E-state index contributed by atoms with van der Waals surface area (Å²) in [5.74, 6) is -0.704. The van der Waals surface area contributed by atoms with E-state index in [9.17, 15) is 14.0 Å². The summed E-state index contributed by atoms with van der Waals surface area (Å²) in [5.41, 5.74) is 0.489. The first-order valence-corrected chi connectivity index (χ1v) is 12.2.